The number of hydrogen-bond acceptors (Lipinski definition) is 3. The van der Waals surface area contributed by atoms with E-state index in [0.717, 1.165) is 11.4 Å². The van der Waals surface area contributed by atoms with Gasteiger partial charge in [-0.2, -0.15) is 4.74 Å². The Labute approximate surface area is 57.1 Å². The van der Waals surface area contributed by atoms with E-state index in [4.69, 9.17) is 4.63 Å². The molecule has 2 rings (SSSR count). The summed E-state index contributed by atoms with van der Waals surface area (Å²) in [4.78, 5) is 3.88. The van der Waals surface area contributed by atoms with E-state index in [-0.39, 0.29) is 0 Å². The second-order valence-electron chi connectivity index (χ2n) is 1.86. The average Bonchev–Trinajstić information content (AvgIpc) is 2.44. The van der Waals surface area contributed by atoms with Crippen molar-refractivity contribution >= 4 is 6.20 Å². The summed E-state index contributed by atoms with van der Waals surface area (Å²) >= 11 is 0. The predicted molar refractivity (Wildman–Crippen MR) is 35.3 cm³/mol. The van der Waals surface area contributed by atoms with Crippen molar-refractivity contribution in [1.82, 2.24) is 14.9 Å². The van der Waals surface area contributed by atoms with E-state index in [1.54, 1.807) is 12.4 Å². The molecule has 0 radical (unpaired) electrons. The molecule has 0 spiro atoms. The number of rotatable bonds is 1. The molecule has 0 aromatic rings. The van der Waals surface area contributed by atoms with Crippen LogP contribution in [0.5, 0.6) is 0 Å². The van der Waals surface area contributed by atoms with E-state index < -0.39 is 0 Å². The van der Waals surface area contributed by atoms with Gasteiger partial charge in [0.05, 0.1) is 12.4 Å². The molecule has 0 bridgehead atoms. The molecule has 0 atom stereocenters. The molecule has 0 amide bonds. The minimum Gasteiger partial charge on any atom is -0.263 e. The molecule has 0 fully saturated rings. The van der Waals surface area contributed by atoms with Gasteiger partial charge >= 0.3 is 0 Å². The van der Waals surface area contributed by atoms with E-state index in [9.17, 15) is 0 Å². The van der Waals surface area contributed by atoms with Gasteiger partial charge in [0.2, 0.25) is 0 Å². The van der Waals surface area contributed by atoms with Gasteiger partial charge in [-0.3, -0.25) is 9.61 Å². The summed E-state index contributed by atoms with van der Waals surface area (Å²) in [6, 6.07) is 0. The Hall–Kier alpha value is -1.58. The molecule has 0 N–H and O–H groups in total. The van der Waals surface area contributed by atoms with Gasteiger partial charge in [-0.05, 0) is 5.16 Å². The summed E-state index contributed by atoms with van der Waals surface area (Å²) in [5, 5.41) is 3.70. The Morgan fingerprint density at radius 3 is 3.30 bits per heavy atom. The van der Waals surface area contributed by atoms with Crippen LogP contribution in [0.3, 0.4) is 0 Å². The van der Waals surface area contributed by atoms with Gasteiger partial charge in [0.25, 0.3) is 0 Å². The van der Waals surface area contributed by atoms with Crippen molar-refractivity contribution in [3.05, 3.63) is 19.0 Å². The van der Waals surface area contributed by atoms with Crippen LogP contribution in [-0.2, 0) is 0 Å². The highest BCUT2D eigenvalue weighted by atomic mass is 16.6. The van der Waals surface area contributed by atoms with Crippen LogP contribution in [0.2, 0.25) is 0 Å². The molecule has 2 aliphatic rings. The zero-order valence-electron chi connectivity index (χ0n) is 5.19. The van der Waals surface area contributed by atoms with Crippen LogP contribution in [-0.4, -0.2) is 14.9 Å². The molecule has 0 saturated carbocycles. The van der Waals surface area contributed by atoms with Gasteiger partial charge in [0, 0.05) is 6.20 Å². The van der Waals surface area contributed by atoms with E-state index in [1.165, 1.54) is 10.9 Å². The van der Waals surface area contributed by atoms with Crippen molar-refractivity contribution in [2.24, 2.45) is 0 Å². The van der Waals surface area contributed by atoms with E-state index >= 15 is 0 Å². The van der Waals surface area contributed by atoms with Crippen molar-refractivity contribution in [3.63, 3.8) is 0 Å². The smallest absolute Gasteiger partial charge is 0.153 e. The Morgan fingerprint density at radius 1 is 1.60 bits per heavy atom. The molecular weight excluding hydrogens is 130 g/mol. The monoisotopic (exact) mass is 135 g/mol. The van der Waals surface area contributed by atoms with Gasteiger partial charge in [0.1, 0.15) is 5.69 Å². The third kappa shape index (κ3) is 0.500. The minimum atomic E-state index is 0.750. The third-order valence-corrected chi connectivity index (χ3v) is 1.29. The number of fused-ring (bicyclic) bond motifs is 1. The Morgan fingerprint density at radius 2 is 2.50 bits per heavy atom. The molecule has 2 heterocycles. The van der Waals surface area contributed by atoms with Crippen LogP contribution in [0.4, 0.5) is 0 Å². The van der Waals surface area contributed by atoms with Crippen molar-refractivity contribution < 1.29 is 4.63 Å². The Kier molecular flexibility index (Phi) is 0.887. The number of aromatic nitrogens is 3. The van der Waals surface area contributed by atoms with E-state index in [2.05, 4.69) is 16.7 Å². The predicted octanol–water partition coefficient (Wildman–Crippen LogP) is 1.08. The number of nitrogens with zero attached hydrogens (tertiary/aromatic N) is 3. The first-order valence-corrected chi connectivity index (χ1v) is 2.82. The summed E-state index contributed by atoms with van der Waals surface area (Å²) < 4.78 is 6.27. The van der Waals surface area contributed by atoms with Gasteiger partial charge in [-0.25, -0.2) is 0 Å². The first kappa shape index (κ1) is 5.22. The highest BCUT2D eigenvalue weighted by Gasteiger charge is 2.10. The standard InChI is InChI=1S/C6H5N3O/c1-2-9-6-4-7-3-5(6)8-10-9/h2-4H,1H2. The largest absolute Gasteiger partial charge is 0.263 e. The summed E-state index contributed by atoms with van der Waals surface area (Å²) in [6.45, 7) is 3.53. The molecular formula is C6H5N3O. The zero-order valence-corrected chi connectivity index (χ0v) is 5.19. The van der Waals surface area contributed by atoms with Crippen LogP contribution in [0.25, 0.3) is 17.6 Å². The lowest BCUT2D eigenvalue weighted by atomic mass is 10.4. The fourth-order valence-electron chi connectivity index (χ4n) is 0.815. The van der Waals surface area contributed by atoms with Gasteiger partial charge in [-0.15, -0.1) is 0 Å². The summed E-state index contributed by atoms with van der Waals surface area (Å²) in [5.74, 6) is 0. The zero-order chi connectivity index (χ0) is 6.97. The van der Waals surface area contributed by atoms with Crippen molar-refractivity contribution in [3.8, 4) is 11.4 Å². The van der Waals surface area contributed by atoms with Gasteiger partial charge in [0.15, 0.2) is 5.69 Å². The second-order valence-corrected chi connectivity index (χ2v) is 1.86. The molecule has 4 heteroatoms. The highest BCUT2D eigenvalue weighted by molar-refractivity contribution is 5.55. The maximum absolute atomic E-state index is 4.81. The van der Waals surface area contributed by atoms with Crippen LogP contribution in [0, 0.1) is 0 Å². The molecule has 10 heavy (non-hydrogen) atoms. The topological polar surface area (TPSA) is 43.9 Å². The van der Waals surface area contributed by atoms with E-state index in [1.807, 2.05) is 0 Å². The molecule has 4 nitrogen and oxygen atoms in total. The lowest BCUT2D eigenvalue weighted by Crippen LogP contribution is -1.80. The Balaban J connectivity index is 2.71. The van der Waals surface area contributed by atoms with Crippen LogP contribution in [0.15, 0.2) is 23.6 Å². The summed E-state index contributed by atoms with van der Waals surface area (Å²) in [5.41, 5.74) is 1.59. The molecule has 2 aliphatic heterocycles. The quantitative estimate of drug-likeness (QED) is 0.587. The molecule has 0 aliphatic carbocycles. The maximum atomic E-state index is 4.81. The first-order valence-electron chi connectivity index (χ1n) is 2.82. The molecule has 0 aromatic carbocycles. The molecule has 50 valence electrons. The third-order valence-electron chi connectivity index (χ3n) is 1.29. The first-order chi connectivity index (χ1) is 4.92. The van der Waals surface area contributed by atoms with E-state index in [0.29, 0.717) is 0 Å². The average molecular weight is 135 g/mol. The Bertz CT molecular complexity index is 322. The summed E-state index contributed by atoms with van der Waals surface area (Å²) in [6.07, 6.45) is 4.85. The number of hydrogen-bond donors (Lipinski definition) is 0. The maximum Gasteiger partial charge on any atom is 0.153 e. The fraction of sp³-hybridized carbons (Fsp3) is 0. The molecule has 0 saturated heterocycles. The lowest BCUT2D eigenvalue weighted by Gasteiger charge is -1.85. The summed E-state index contributed by atoms with van der Waals surface area (Å²) in [7, 11) is 0. The second kappa shape index (κ2) is 1.70. The van der Waals surface area contributed by atoms with Gasteiger partial charge < -0.3 is 0 Å². The lowest BCUT2D eigenvalue weighted by molar-refractivity contribution is 0.268. The normalized spacial score (nSPS) is 10.4. The van der Waals surface area contributed by atoms with Crippen molar-refractivity contribution in [1.29, 1.82) is 0 Å². The molecule has 0 aromatic heterocycles. The van der Waals surface area contributed by atoms with Crippen LogP contribution >= 0.6 is 0 Å². The molecule has 0 unspecified atom stereocenters. The fourth-order valence-corrected chi connectivity index (χ4v) is 0.815. The van der Waals surface area contributed by atoms with Crippen molar-refractivity contribution in [2.75, 3.05) is 0 Å². The highest BCUT2D eigenvalue weighted by Crippen LogP contribution is 2.18. The van der Waals surface area contributed by atoms with Crippen LogP contribution in [0.1, 0.15) is 0 Å². The van der Waals surface area contributed by atoms with Crippen LogP contribution < -0.4 is 0 Å². The van der Waals surface area contributed by atoms with Gasteiger partial charge in [-0.1, -0.05) is 6.58 Å². The minimum absolute atomic E-state index is 0.750. The SMILES string of the molecule is C=Cn1onc2cncc1-2. The van der Waals surface area contributed by atoms with Crippen molar-refractivity contribution in [2.45, 2.75) is 0 Å².